The van der Waals surface area contributed by atoms with Gasteiger partial charge < -0.3 is 10.1 Å². The molecule has 0 unspecified atom stereocenters. The Balaban J connectivity index is 2.38. The minimum Gasteiger partial charge on any atom is -0.444 e. The summed E-state index contributed by atoms with van der Waals surface area (Å²) >= 11 is 1.23. The van der Waals surface area contributed by atoms with E-state index < -0.39 is 11.7 Å². The molecule has 0 bridgehead atoms. The lowest BCUT2D eigenvalue weighted by molar-refractivity contribution is 0.0535. The predicted molar refractivity (Wildman–Crippen MR) is 68.6 cm³/mol. The number of hydrogen-bond acceptors (Lipinski definition) is 5. The van der Waals surface area contributed by atoms with Crippen molar-refractivity contribution in [3.8, 4) is 11.8 Å². The van der Waals surface area contributed by atoms with Gasteiger partial charge in [-0.15, -0.1) is 11.3 Å². The smallest absolute Gasteiger partial charge is 0.408 e. The quantitative estimate of drug-likeness (QED) is 0.655. The molecule has 0 aromatic carbocycles. The minimum atomic E-state index is -0.523. The molecule has 0 aliphatic rings. The molecule has 1 aromatic rings. The number of carbonyl (C=O) groups excluding carboxylic acids is 2. The second-order valence-electron chi connectivity index (χ2n) is 4.35. The Labute approximate surface area is 110 Å². The van der Waals surface area contributed by atoms with Crippen LogP contribution in [0.4, 0.5) is 4.79 Å². The zero-order valence-electron chi connectivity index (χ0n) is 10.4. The first kappa shape index (κ1) is 14.2. The Hall–Kier alpha value is -1.87. The highest BCUT2D eigenvalue weighted by Gasteiger charge is 2.14. The highest BCUT2D eigenvalue weighted by molar-refractivity contribution is 7.11. The number of nitrogens with one attached hydrogen (secondary N) is 1. The van der Waals surface area contributed by atoms with Crippen molar-refractivity contribution in [2.45, 2.75) is 26.4 Å². The van der Waals surface area contributed by atoms with Crippen molar-refractivity contribution in [1.29, 1.82) is 0 Å². The number of thiazole rings is 1. The van der Waals surface area contributed by atoms with Gasteiger partial charge in [-0.25, -0.2) is 9.78 Å². The standard InChI is InChI=1S/C12H14N2O3S/c1-12(2,3)17-11(16)13-6-4-5-9-8-18-10(7-15)14-9/h7-8H,6H2,1-3H3,(H,13,16). The van der Waals surface area contributed by atoms with E-state index in [1.807, 2.05) is 0 Å². The van der Waals surface area contributed by atoms with E-state index in [1.165, 1.54) is 11.3 Å². The first-order valence-corrected chi connectivity index (χ1v) is 6.15. The van der Waals surface area contributed by atoms with E-state index in [4.69, 9.17) is 4.74 Å². The van der Waals surface area contributed by atoms with Gasteiger partial charge in [-0.2, -0.15) is 0 Å². The van der Waals surface area contributed by atoms with Crippen molar-refractivity contribution in [2.24, 2.45) is 0 Å². The van der Waals surface area contributed by atoms with Gasteiger partial charge in [0.25, 0.3) is 0 Å². The number of amides is 1. The molecule has 0 aliphatic heterocycles. The van der Waals surface area contributed by atoms with E-state index in [0.29, 0.717) is 17.0 Å². The third-order valence-electron chi connectivity index (χ3n) is 1.56. The fourth-order valence-electron chi connectivity index (χ4n) is 0.964. The molecule has 1 aromatic heterocycles. The molecule has 1 heterocycles. The van der Waals surface area contributed by atoms with Crippen molar-refractivity contribution < 1.29 is 14.3 Å². The van der Waals surface area contributed by atoms with Crippen LogP contribution in [0.15, 0.2) is 5.38 Å². The summed E-state index contributed by atoms with van der Waals surface area (Å²) in [6.45, 7) is 5.53. The third-order valence-corrected chi connectivity index (χ3v) is 2.33. The third kappa shape index (κ3) is 5.46. The second-order valence-corrected chi connectivity index (χ2v) is 5.24. The molecular weight excluding hydrogens is 252 g/mol. The van der Waals surface area contributed by atoms with Gasteiger partial charge in [-0.05, 0) is 26.7 Å². The Kier molecular flexibility index (Phi) is 4.86. The van der Waals surface area contributed by atoms with Crippen LogP contribution in [0.1, 0.15) is 36.3 Å². The van der Waals surface area contributed by atoms with Crippen LogP contribution >= 0.6 is 11.3 Å². The summed E-state index contributed by atoms with van der Waals surface area (Å²) in [7, 11) is 0. The molecule has 0 saturated heterocycles. The Morgan fingerprint density at radius 2 is 2.33 bits per heavy atom. The lowest BCUT2D eigenvalue weighted by Crippen LogP contribution is -2.32. The highest BCUT2D eigenvalue weighted by atomic mass is 32.1. The van der Waals surface area contributed by atoms with Crippen LogP contribution < -0.4 is 5.32 Å². The Morgan fingerprint density at radius 1 is 1.61 bits per heavy atom. The molecule has 0 fully saturated rings. The van der Waals surface area contributed by atoms with Crippen LogP contribution in [0.5, 0.6) is 0 Å². The van der Waals surface area contributed by atoms with Gasteiger partial charge in [0, 0.05) is 5.38 Å². The molecular formula is C12H14N2O3S. The normalized spacial score (nSPS) is 10.2. The number of ether oxygens (including phenoxy) is 1. The van der Waals surface area contributed by atoms with Crippen LogP contribution in [-0.2, 0) is 4.74 Å². The maximum Gasteiger partial charge on any atom is 0.408 e. The van der Waals surface area contributed by atoms with E-state index in [2.05, 4.69) is 22.1 Å². The van der Waals surface area contributed by atoms with Crippen molar-refractivity contribution >= 4 is 23.7 Å². The van der Waals surface area contributed by atoms with Crippen LogP contribution in [-0.4, -0.2) is 29.5 Å². The lowest BCUT2D eigenvalue weighted by atomic mass is 10.2. The molecule has 1 rings (SSSR count). The van der Waals surface area contributed by atoms with Gasteiger partial charge in [0.2, 0.25) is 0 Å². The summed E-state index contributed by atoms with van der Waals surface area (Å²) in [4.78, 5) is 25.6. The lowest BCUT2D eigenvalue weighted by Gasteiger charge is -2.18. The maximum absolute atomic E-state index is 11.3. The number of carbonyl (C=O) groups is 2. The highest BCUT2D eigenvalue weighted by Crippen LogP contribution is 2.06. The summed E-state index contributed by atoms with van der Waals surface area (Å²) in [6, 6.07) is 0. The molecule has 6 heteroatoms. The summed E-state index contributed by atoms with van der Waals surface area (Å²) in [5.41, 5.74) is -0.00115. The predicted octanol–water partition coefficient (Wildman–Crippen LogP) is 1.83. The SMILES string of the molecule is CC(C)(C)OC(=O)NCC#Cc1csc(C=O)n1. The zero-order chi connectivity index (χ0) is 13.6. The van der Waals surface area contributed by atoms with E-state index >= 15 is 0 Å². The molecule has 5 nitrogen and oxygen atoms in total. The molecule has 0 saturated carbocycles. The van der Waals surface area contributed by atoms with Crippen molar-refractivity contribution in [2.75, 3.05) is 6.54 Å². The minimum absolute atomic E-state index is 0.170. The van der Waals surface area contributed by atoms with Gasteiger partial charge in [-0.1, -0.05) is 5.92 Å². The van der Waals surface area contributed by atoms with Crippen LogP contribution in [0.25, 0.3) is 0 Å². The monoisotopic (exact) mass is 266 g/mol. The van der Waals surface area contributed by atoms with Gasteiger partial charge in [-0.3, -0.25) is 4.79 Å². The van der Waals surface area contributed by atoms with Gasteiger partial charge in [0.05, 0.1) is 6.54 Å². The van der Waals surface area contributed by atoms with Crippen LogP contribution in [0.2, 0.25) is 0 Å². The van der Waals surface area contributed by atoms with Crippen molar-refractivity contribution in [3.63, 3.8) is 0 Å². The second kappa shape index (κ2) is 6.17. The van der Waals surface area contributed by atoms with E-state index in [1.54, 1.807) is 26.2 Å². The van der Waals surface area contributed by atoms with Crippen LogP contribution in [0.3, 0.4) is 0 Å². The number of rotatable bonds is 2. The Bertz CT molecular complexity index is 491. The number of aromatic nitrogens is 1. The van der Waals surface area contributed by atoms with E-state index in [9.17, 15) is 9.59 Å². The molecule has 0 spiro atoms. The average Bonchev–Trinajstić information content (AvgIpc) is 2.70. The zero-order valence-corrected chi connectivity index (χ0v) is 11.3. The molecule has 1 N–H and O–H groups in total. The summed E-state index contributed by atoms with van der Waals surface area (Å²) in [5.74, 6) is 5.46. The van der Waals surface area contributed by atoms with Gasteiger partial charge in [0.15, 0.2) is 11.3 Å². The molecule has 18 heavy (non-hydrogen) atoms. The maximum atomic E-state index is 11.3. The molecule has 1 amide bonds. The van der Waals surface area contributed by atoms with Crippen molar-refractivity contribution in [1.82, 2.24) is 10.3 Å². The number of alkyl carbamates (subject to hydrolysis) is 1. The average molecular weight is 266 g/mol. The number of aldehydes is 1. The van der Waals surface area contributed by atoms with Crippen molar-refractivity contribution in [3.05, 3.63) is 16.1 Å². The molecule has 0 atom stereocenters. The first-order chi connectivity index (χ1) is 8.40. The number of nitrogens with zero attached hydrogens (tertiary/aromatic N) is 1. The topological polar surface area (TPSA) is 68.3 Å². The molecule has 0 radical (unpaired) electrons. The van der Waals surface area contributed by atoms with Gasteiger partial charge in [0.1, 0.15) is 11.3 Å². The summed E-state index contributed by atoms with van der Waals surface area (Å²) in [6.07, 6.45) is 0.165. The first-order valence-electron chi connectivity index (χ1n) is 5.27. The molecule has 0 aliphatic carbocycles. The Morgan fingerprint density at radius 3 is 2.89 bits per heavy atom. The van der Waals surface area contributed by atoms with E-state index in [0.717, 1.165) is 0 Å². The fraction of sp³-hybridized carbons (Fsp3) is 0.417. The largest absolute Gasteiger partial charge is 0.444 e. The number of hydrogen-bond donors (Lipinski definition) is 1. The molecule has 96 valence electrons. The van der Waals surface area contributed by atoms with Gasteiger partial charge >= 0.3 is 6.09 Å². The summed E-state index contributed by atoms with van der Waals surface area (Å²) < 4.78 is 5.03. The van der Waals surface area contributed by atoms with E-state index in [-0.39, 0.29) is 6.54 Å². The van der Waals surface area contributed by atoms with Crippen LogP contribution in [0, 0.1) is 11.8 Å². The summed E-state index contributed by atoms with van der Waals surface area (Å²) in [5, 5.41) is 4.57. The fourth-order valence-corrected chi connectivity index (χ4v) is 1.52.